The van der Waals surface area contributed by atoms with Crippen LogP contribution in [-0.2, 0) is 0 Å². The molecule has 0 radical (unpaired) electrons. The van der Waals surface area contributed by atoms with Gasteiger partial charge in [-0.2, -0.15) is 0 Å². The van der Waals surface area contributed by atoms with Crippen molar-refractivity contribution in [3.05, 3.63) is 54.6 Å². The predicted octanol–water partition coefficient (Wildman–Crippen LogP) is 5.10. The first-order valence-corrected chi connectivity index (χ1v) is 9.20. The lowest BCUT2D eigenvalue weighted by atomic mass is 10.2. The lowest BCUT2D eigenvalue weighted by molar-refractivity contribution is 0.259. The van der Waals surface area contributed by atoms with E-state index in [1.165, 1.54) is 0 Å². The third kappa shape index (κ3) is 4.63. The molecule has 0 saturated heterocycles. The highest BCUT2D eigenvalue weighted by Crippen LogP contribution is 2.23. The SMILES string of the molecule is CCOc1ccc(N(C(=O)Nc2ccccc2)C2=NCCCCC2)cc1. The number of anilines is 2. The molecule has 3 rings (SSSR count). The van der Waals surface area contributed by atoms with Crippen molar-refractivity contribution in [3.63, 3.8) is 0 Å². The van der Waals surface area contributed by atoms with Gasteiger partial charge < -0.3 is 10.1 Å². The number of hydrogen-bond donors (Lipinski definition) is 1. The number of benzene rings is 2. The average Bonchev–Trinajstić information content (AvgIpc) is 2.94. The summed E-state index contributed by atoms with van der Waals surface area (Å²) >= 11 is 0. The van der Waals surface area contributed by atoms with Crippen LogP contribution in [0.3, 0.4) is 0 Å². The Balaban J connectivity index is 1.87. The van der Waals surface area contributed by atoms with Crippen molar-refractivity contribution in [2.45, 2.75) is 32.6 Å². The number of carbonyl (C=O) groups is 1. The number of carbonyl (C=O) groups excluding carboxylic acids is 1. The van der Waals surface area contributed by atoms with E-state index >= 15 is 0 Å². The molecule has 0 atom stereocenters. The molecule has 2 aromatic carbocycles. The summed E-state index contributed by atoms with van der Waals surface area (Å²) in [5.41, 5.74) is 1.56. The van der Waals surface area contributed by atoms with E-state index in [1.807, 2.05) is 61.5 Å². The summed E-state index contributed by atoms with van der Waals surface area (Å²) in [6.45, 7) is 3.33. The zero-order valence-electron chi connectivity index (χ0n) is 15.1. The van der Waals surface area contributed by atoms with Crippen molar-refractivity contribution in [2.75, 3.05) is 23.4 Å². The van der Waals surface area contributed by atoms with Crippen molar-refractivity contribution < 1.29 is 9.53 Å². The second-order valence-corrected chi connectivity index (χ2v) is 6.17. The molecule has 136 valence electrons. The van der Waals surface area contributed by atoms with E-state index in [2.05, 4.69) is 10.3 Å². The molecule has 1 aliphatic rings. The molecule has 0 aromatic heterocycles. The number of rotatable bonds is 4. The van der Waals surface area contributed by atoms with Gasteiger partial charge in [0.2, 0.25) is 0 Å². The number of amides is 2. The highest BCUT2D eigenvalue weighted by atomic mass is 16.5. The molecular weight excluding hydrogens is 326 g/mol. The summed E-state index contributed by atoms with van der Waals surface area (Å²) in [5.74, 6) is 1.61. The first kappa shape index (κ1) is 18.0. The fraction of sp³-hybridized carbons (Fsp3) is 0.333. The first-order valence-electron chi connectivity index (χ1n) is 9.20. The van der Waals surface area contributed by atoms with Crippen LogP contribution in [-0.4, -0.2) is 25.0 Å². The second kappa shape index (κ2) is 9.04. The molecule has 0 bridgehead atoms. The monoisotopic (exact) mass is 351 g/mol. The molecule has 5 nitrogen and oxygen atoms in total. The zero-order chi connectivity index (χ0) is 18.2. The maximum Gasteiger partial charge on any atom is 0.331 e. The second-order valence-electron chi connectivity index (χ2n) is 6.17. The molecule has 1 N–H and O–H groups in total. The van der Waals surface area contributed by atoms with Gasteiger partial charge in [0, 0.05) is 18.7 Å². The van der Waals surface area contributed by atoms with Gasteiger partial charge in [0.25, 0.3) is 0 Å². The van der Waals surface area contributed by atoms with Gasteiger partial charge in [-0.3, -0.25) is 9.89 Å². The smallest absolute Gasteiger partial charge is 0.331 e. The Morgan fingerprint density at radius 2 is 1.85 bits per heavy atom. The lowest BCUT2D eigenvalue weighted by Gasteiger charge is -2.25. The number of nitrogens with zero attached hydrogens (tertiary/aromatic N) is 2. The lowest BCUT2D eigenvalue weighted by Crippen LogP contribution is -2.40. The number of aliphatic imine (C=N–C) groups is 1. The highest BCUT2D eigenvalue weighted by Gasteiger charge is 2.22. The Hall–Kier alpha value is -2.82. The van der Waals surface area contributed by atoms with E-state index < -0.39 is 0 Å². The summed E-state index contributed by atoms with van der Waals surface area (Å²) in [4.78, 5) is 19.4. The normalized spacial score (nSPS) is 14.1. The van der Waals surface area contributed by atoms with E-state index in [0.717, 1.165) is 55.2 Å². The van der Waals surface area contributed by atoms with Crippen LogP contribution in [0, 0.1) is 0 Å². The molecular formula is C21H25N3O2. The number of urea groups is 1. The van der Waals surface area contributed by atoms with E-state index in [1.54, 1.807) is 4.90 Å². The zero-order valence-corrected chi connectivity index (χ0v) is 15.1. The van der Waals surface area contributed by atoms with Gasteiger partial charge in [-0.25, -0.2) is 4.79 Å². The predicted molar refractivity (Wildman–Crippen MR) is 106 cm³/mol. The quantitative estimate of drug-likeness (QED) is 0.833. The third-order valence-electron chi connectivity index (χ3n) is 4.25. The Labute approximate surface area is 154 Å². The van der Waals surface area contributed by atoms with Crippen LogP contribution in [0.1, 0.15) is 32.6 Å². The molecule has 1 aliphatic heterocycles. The summed E-state index contributed by atoms with van der Waals surface area (Å²) in [6, 6.07) is 16.9. The Morgan fingerprint density at radius 3 is 2.58 bits per heavy atom. The molecule has 0 unspecified atom stereocenters. The van der Waals surface area contributed by atoms with Gasteiger partial charge in [-0.1, -0.05) is 24.6 Å². The van der Waals surface area contributed by atoms with Crippen LogP contribution < -0.4 is 15.0 Å². The maximum atomic E-state index is 13.0. The standard InChI is InChI=1S/C21H25N3O2/c1-2-26-19-14-12-18(13-15-19)24(20-11-7-4-8-16-22-20)21(25)23-17-9-5-3-6-10-17/h3,5-6,9-10,12-15H,2,4,7-8,11,16H2,1H3,(H,23,25). The maximum absolute atomic E-state index is 13.0. The van der Waals surface area contributed by atoms with Gasteiger partial charge in [0.05, 0.1) is 12.3 Å². The van der Waals surface area contributed by atoms with Crippen molar-refractivity contribution in [1.29, 1.82) is 0 Å². The van der Waals surface area contributed by atoms with Gasteiger partial charge in [0.15, 0.2) is 0 Å². The summed E-state index contributed by atoms with van der Waals surface area (Å²) in [6.07, 6.45) is 4.06. The average molecular weight is 351 g/mol. The fourth-order valence-electron chi connectivity index (χ4n) is 2.98. The van der Waals surface area contributed by atoms with Gasteiger partial charge in [-0.15, -0.1) is 0 Å². The van der Waals surface area contributed by atoms with Crippen molar-refractivity contribution in [1.82, 2.24) is 0 Å². The van der Waals surface area contributed by atoms with Crippen LogP contribution >= 0.6 is 0 Å². The molecule has 0 fully saturated rings. The molecule has 0 saturated carbocycles. The molecule has 0 spiro atoms. The highest BCUT2D eigenvalue weighted by molar-refractivity contribution is 6.20. The molecule has 5 heteroatoms. The molecule has 0 aliphatic carbocycles. The first-order chi connectivity index (χ1) is 12.8. The molecule has 2 amide bonds. The van der Waals surface area contributed by atoms with Gasteiger partial charge in [-0.05, 0) is 56.2 Å². The minimum atomic E-state index is -0.194. The fourth-order valence-corrected chi connectivity index (χ4v) is 2.98. The number of amidine groups is 1. The third-order valence-corrected chi connectivity index (χ3v) is 4.25. The number of ether oxygens (including phenoxy) is 1. The van der Waals surface area contributed by atoms with Crippen LogP contribution in [0.15, 0.2) is 59.6 Å². The minimum Gasteiger partial charge on any atom is -0.494 e. The topological polar surface area (TPSA) is 53.9 Å². The molecule has 1 heterocycles. The van der Waals surface area contributed by atoms with Crippen LogP contribution in [0.4, 0.5) is 16.2 Å². The van der Waals surface area contributed by atoms with E-state index in [-0.39, 0.29) is 6.03 Å². The minimum absolute atomic E-state index is 0.194. The van der Waals surface area contributed by atoms with Crippen molar-refractivity contribution in [2.24, 2.45) is 4.99 Å². The number of nitrogens with one attached hydrogen (secondary N) is 1. The largest absolute Gasteiger partial charge is 0.494 e. The Kier molecular flexibility index (Phi) is 6.25. The molecule has 2 aromatic rings. The Morgan fingerprint density at radius 1 is 1.08 bits per heavy atom. The van der Waals surface area contributed by atoms with Gasteiger partial charge in [0.1, 0.15) is 11.6 Å². The number of para-hydroxylation sites is 1. The van der Waals surface area contributed by atoms with Crippen molar-refractivity contribution >= 4 is 23.2 Å². The van der Waals surface area contributed by atoms with E-state index in [9.17, 15) is 4.79 Å². The molecule has 26 heavy (non-hydrogen) atoms. The van der Waals surface area contributed by atoms with E-state index in [0.29, 0.717) is 6.61 Å². The van der Waals surface area contributed by atoms with Crippen molar-refractivity contribution in [3.8, 4) is 5.75 Å². The van der Waals surface area contributed by atoms with Crippen LogP contribution in [0.2, 0.25) is 0 Å². The summed E-state index contributed by atoms with van der Waals surface area (Å²) in [7, 11) is 0. The van der Waals surface area contributed by atoms with Crippen LogP contribution in [0.25, 0.3) is 0 Å². The van der Waals surface area contributed by atoms with E-state index in [4.69, 9.17) is 4.74 Å². The Bertz CT molecular complexity index is 742. The van der Waals surface area contributed by atoms with Gasteiger partial charge >= 0.3 is 6.03 Å². The summed E-state index contributed by atoms with van der Waals surface area (Å²) in [5, 5.41) is 2.97. The van der Waals surface area contributed by atoms with Crippen LogP contribution in [0.5, 0.6) is 5.75 Å². The summed E-state index contributed by atoms with van der Waals surface area (Å²) < 4.78 is 5.51. The number of hydrogen-bond acceptors (Lipinski definition) is 3.